The molecule has 1 aliphatic heterocycles. The third kappa shape index (κ3) is 2.93. The second-order valence-corrected chi connectivity index (χ2v) is 5.69. The molecular weight excluding hydrogens is 222 g/mol. The van der Waals surface area contributed by atoms with E-state index in [4.69, 9.17) is 4.74 Å². The number of ether oxygens (including phenoxy) is 1. The van der Waals surface area contributed by atoms with Crippen LogP contribution in [0.5, 0.6) is 0 Å². The zero-order chi connectivity index (χ0) is 12.2. The lowest BCUT2D eigenvalue weighted by Gasteiger charge is -2.31. The molecule has 2 aliphatic rings. The van der Waals surface area contributed by atoms with Crippen LogP contribution >= 0.6 is 0 Å². The largest absolute Gasteiger partial charge is 0.380 e. The van der Waals surface area contributed by atoms with Crippen molar-refractivity contribution in [3.05, 3.63) is 35.9 Å². The molecule has 1 atom stereocenters. The summed E-state index contributed by atoms with van der Waals surface area (Å²) in [7, 11) is 0. The van der Waals surface area contributed by atoms with Crippen LogP contribution in [0.4, 0.5) is 0 Å². The Labute approximate surface area is 110 Å². The molecule has 0 spiro atoms. The SMILES string of the molecule is c1ccc(C2CCC(NC3CCOC3)CC2)cc1. The molecule has 1 aromatic carbocycles. The first-order valence-electron chi connectivity index (χ1n) is 7.30. The topological polar surface area (TPSA) is 21.3 Å². The Bertz CT molecular complexity index is 351. The average molecular weight is 245 g/mol. The van der Waals surface area contributed by atoms with E-state index >= 15 is 0 Å². The van der Waals surface area contributed by atoms with Crippen LogP contribution < -0.4 is 5.32 Å². The number of hydrogen-bond donors (Lipinski definition) is 1. The Morgan fingerprint density at radius 2 is 1.67 bits per heavy atom. The van der Waals surface area contributed by atoms with E-state index < -0.39 is 0 Å². The standard InChI is InChI=1S/C16H23NO/c1-2-4-13(5-3-1)14-6-8-15(9-7-14)17-16-10-11-18-12-16/h1-5,14-17H,6-12H2. The van der Waals surface area contributed by atoms with Crippen molar-refractivity contribution in [2.45, 2.75) is 50.1 Å². The highest BCUT2D eigenvalue weighted by atomic mass is 16.5. The van der Waals surface area contributed by atoms with Gasteiger partial charge >= 0.3 is 0 Å². The van der Waals surface area contributed by atoms with Crippen molar-refractivity contribution < 1.29 is 4.74 Å². The summed E-state index contributed by atoms with van der Waals surface area (Å²) in [5, 5.41) is 3.76. The van der Waals surface area contributed by atoms with E-state index in [2.05, 4.69) is 35.6 Å². The van der Waals surface area contributed by atoms with Gasteiger partial charge < -0.3 is 10.1 Å². The second-order valence-electron chi connectivity index (χ2n) is 5.69. The third-order valence-corrected chi connectivity index (χ3v) is 4.40. The van der Waals surface area contributed by atoms with E-state index in [9.17, 15) is 0 Å². The predicted octanol–water partition coefficient (Wildman–Crippen LogP) is 3.09. The minimum atomic E-state index is 0.614. The highest BCUT2D eigenvalue weighted by Crippen LogP contribution is 2.32. The molecule has 0 aromatic heterocycles. The van der Waals surface area contributed by atoms with Crippen LogP contribution in [0.1, 0.15) is 43.6 Å². The van der Waals surface area contributed by atoms with Gasteiger partial charge in [-0.2, -0.15) is 0 Å². The van der Waals surface area contributed by atoms with E-state index in [0.29, 0.717) is 6.04 Å². The quantitative estimate of drug-likeness (QED) is 0.883. The molecule has 0 radical (unpaired) electrons. The van der Waals surface area contributed by atoms with Crippen LogP contribution in [0.3, 0.4) is 0 Å². The molecule has 3 rings (SSSR count). The Hall–Kier alpha value is -0.860. The van der Waals surface area contributed by atoms with Gasteiger partial charge in [-0.3, -0.25) is 0 Å². The summed E-state index contributed by atoms with van der Waals surface area (Å²) < 4.78 is 5.43. The van der Waals surface area contributed by atoms with Gasteiger partial charge in [0.1, 0.15) is 0 Å². The molecule has 98 valence electrons. The van der Waals surface area contributed by atoms with Crippen molar-refractivity contribution in [1.29, 1.82) is 0 Å². The summed E-state index contributed by atoms with van der Waals surface area (Å²) in [5.74, 6) is 0.782. The molecule has 1 aliphatic carbocycles. The van der Waals surface area contributed by atoms with Crippen LogP contribution in [0.2, 0.25) is 0 Å². The highest BCUT2D eigenvalue weighted by Gasteiger charge is 2.25. The maximum atomic E-state index is 5.43. The van der Waals surface area contributed by atoms with Crippen LogP contribution in [0.25, 0.3) is 0 Å². The molecular formula is C16H23NO. The molecule has 2 heteroatoms. The Balaban J connectivity index is 1.49. The summed E-state index contributed by atoms with van der Waals surface area (Å²) in [6, 6.07) is 12.3. The summed E-state index contributed by atoms with van der Waals surface area (Å²) in [5.41, 5.74) is 1.53. The van der Waals surface area contributed by atoms with E-state index in [1.807, 2.05) is 0 Å². The normalized spacial score (nSPS) is 32.6. The molecule has 1 saturated carbocycles. The number of rotatable bonds is 3. The zero-order valence-electron chi connectivity index (χ0n) is 11.0. The summed E-state index contributed by atoms with van der Waals surface area (Å²) in [6.45, 7) is 1.86. The van der Waals surface area contributed by atoms with Crippen molar-refractivity contribution in [3.63, 3.8) is 0 Å². The van der Waals surface area contributed by atoms with Gasteiger partial charge in [0.05, 0.1) is 6.61 Å². The third-order valence-electron chi connectivity index (χ3n) is 4.40. The Kier molecular flexibility index (Phi) is 3.96. The van der Waals surface area contributed by atoms with Gasteiger partial charge in [-0.15, -0.1) is 0 Å². The maximum Gasteiger partial charge on any atom is 0.0620 e. The first-order chi connectivity index (χ1) is 8.92. The van der Waals surface area contributed by atoms with Crippen LogP contribution in [0, 0.1) is 0 Å². The van der Waals surface area contributed by atoms with E-state index in [-0.39, 0.29) is 0 Å². The lowest BCUT2D eigenvalue weighted by Crippen LogP contribution is -2.40. The molecule has 0 amide bonds. The van der Waals surface area contributed by atoms with E-state index in [1.165, 1.54) is 37.7 Å². The van der Waals surface area contributed by atoms with Crippen molar-refractivity contribution in [2.75, 3.05) is 13.2 Å². The second kappa shape index (κ2) is 5.85. The zero-order valence-corrected chi connectivity index (χ0v) is 11.0. The average Bonchev–Trinajstić information content (AvgIpc) is 2.94. The fourth-order valence-electron chi connectivity index (χ4n) is 3.32. The molecule has 1 saturated heterocycles. The summed E-state index contributed by atoms with van der Waals surface area (Å²) in [6.07, 6.45) is 6.48. The molecule has 1 unspecified atom stereocenters. The van der Waals surface area contributed by atoms with Gasteiger partial charge in [0.15, 0.2) is 0 Å². The highest BCUT2D eigenvalue weighted by molar-refractivity contribution is 5.20. The minimum absolute atomic E-state index is 0.614. The summed E-state index contributed by atoms with van der Waals surface area (Å²) in [4.78, 5) is 0. The van der Waals surface area contributed by atoms with Gasteiger partial charge in [0.25, 0.3) is 0 Å². The fraction of sp³-hybridized carbons (Fsp3) is 0.625. The molecule has 2 fully saturated rings. The Morgan fingerprint density at radius 3 is 2.33 bits per heavy atom. The molecule has 2 nitrogen and oxygen atoms in total. The van der Waals surface area contributed by atoms with Crippen molar-refractivity contribution >= 4 is 0 Å². The lowest BCUT2D eigenvalue weighted by molar-refractivity contribution is 0.185. The molecule has 1 aromatic rings. The monoisotopic (exact) mass is 245 g/mol. The lowest BCUT2D eigenvalue weighted by atomic mass is 9.81. The number of benzene rings is 1. The molecule has 1 heterocycles. The van der Waals surface area contributed by atoms with Crippen LogP contribution in [-0.2, 0) is 4.74 Å². The van der Waals surface area contributed by atoms with Crippen LogP contribution in [0.15, 0.2) is 30.3 Å². The number of hydrogen-bond acceptors (Lipinski definition) is 2. The van der Waals surface area contributed by atoms with Crippen molar-refractivity contribution in [3.8, 4) is 0 Å². The molecule has 0 bridgehead atoms. The van der Waals surface area contributed by atoms with Gasteiger partial charge in [0, 0.05) is 18.7 Å². The van der Waals surface area contributed by atoms with E-state index in [1.54, 1.807) is 0 Å². The van der Waals surface area contributed by atoms with Gasteiger partial charge in [-0.05, 0) is 43.6 Å². The van der Waals surface area contributed by atoms with Crippen molar-refractivity contribution in [2.24, 2.45) is 0 Å². The van der Waals surface area contributed by atoms with E-state index in [0.717, 1.165) is 25.2 Å². The molecule has 1 N–H and O–H groups in total. The van der Waals surface area contributed by atoms with Crippen LogP contribution in [-0.4, -0.2) is 25.3 Å². The van der Waals surface area contributed by atoms with Gasteiger partial charge in [-0.1, -0.05) is 30.3 Å². The predicted molar refractivity (Wildman–Crippen MR) is 73.8 cm³/mol. The van der Waals surface area contributed by atoms with Crippen molar-refractivity contribution in [1.82, 2.24) is 5.32 Å². The fourth-order valence-corrected chi connectivity index (χ4v) is 3.32. The smallest absolute Gasteiger partial charge is 0.0620 e. The maximum absolute atomic E-state index is 5.43. The Morgan fingerprint density at radius 1 is 0.889 bits per heavy atom. The molecule has 18 heavy (non-hydrogen) atoms. The summed E-state index contributed by atoms with van der Waals surface area (Å²) >= 11 is 0. The van der Waals surface area contributed by atoms with Gasteiger partial charge in [0.2, 0.25) is 0 Å². The number of nitrogens with one attached hydrogen (secondary N) is 1. The van der Waals surface area contributed by atoms with Gasteiger partial charge in [-0.25, -0.2) is 0 Å². The minimum Gasteiger partial charge on any atom is -0.380 e. The first kappa shape index (κ1) is 12.2. The first-order valence-corrected chi connectivity index (χ1v) is 7.30.